The number of aromatic nitrogens is 1. The first-order valence-electron chi connectivity index (χ1n) is 12.0. The first-order chi connectivity index (χ1) is 17.8. The minimum Gasteiger partial charge on any atom is -0.454 e. The molecule has 0 N–H and O–H groups in total. The third-order valence-corrected chi connectivity index (χ3v) is 6.73. The molecular weight excluding hydrogens is 440 g/mol. The molecule has 3 heteroatoms. The van der Waals surface area contributed by atoms with Gasteiger partial charge in [0.1, 0.15) is 11.3 Å². The Morgan fingerprint density at radius 3 is 2.08 bits per heavy atom. The average Bonchev–Trinajstić information content (AvgIpc) is 3.34. The summed E-state index contributed by atoms with van der Waals surface area (Å²) in [6.07, 6.45) is 3.78. The number of anilines is 3. The minimum absolute atomic E-state index is 0.825. The first kappa shape index (κ1) is 20.5. The van der Waals surface area contributed by atoms with Gasteiger partial charge in [-0.1, -0.05) is 91.0 Å². The van der Waals surface area contributed by atoms with Crippen molar-refractivity contribution in [2.75, 3.05) is 4.90 Å². The predicted molar refractivity (Wildman–Crippen MR) is 149 cm³/mol. The van der Waals surface area contributed by atoms with E-state index in [1.807, 2.05) is 36.7 Å². The lowest BCUT2D eigenvalue weighted by molar-refractivity contribution is 0.668. The molecule has 0 radical (unpaired) electrons. The van der Waals surface area contributed by atoms with Gasteiger partial charge in [0.05, 0.1) is 6.20 Å². The SMILES string of the molecule is c1ccc(-c2ccc(N(c3ccc4ccccc4c3)c3cncc4c3oc3ccccc34)cc2)cc1. The third kappa shape index (κ3) is 3.41. The monoisotopic (exact) mass is 462 g/mol. The first-order valence-corrected chi connectivity index (χ1v) is 12.0. The van der Waals surface area contributed by atoms with E-state index in [9.17, 15) is 0 Å². The summed E-state index contributed by atoms with van der Waals surface area (Å²) < 4.78 is 6.41. The second kappa shape index (κ2) is 8.40. The van der Waals surface area contributed by atoms with E-state index in [-0.39, 0.29) is 0 Å². The quantitative estimate of drug-likeness (QED) is 0.261. The predicted octanol–water partition coefficient (Wildman–Crippen LogP) is 9.27. The Labute approximate surface area is 208 Å². The molecule has 0 aliphatic heterocycles. The number of pyridine rings is 1. The van der Waals surface area contributed by atoms with Crippen LogP contribution in [0.4, 0.5) is 17.1 Å². The van der Waals surface area contributed by atoms with Gasteiger partial charge in [-0.2, -0.15) is 0 Å². The molecule has 0 fully saturated rings. The molecule has 0 unspecified atom stereocenters. The lowest BCUT2D eigenvalue weighted by Crippen LogP contribution is -2.10. The van der Waals surface area contributed by atoms with Gasteiger partial charge in [-0.25, -0.2) is 0 Å². The van der Waals surface area contributed by atoms with Crippen LogP contribution < -0.4 is 4.90 Å². The molecule has 7 aromatic rings. The van der Waals surface area contributed by atoms with Crippen LogP contribution in [-0.2, 0) is 0 Å². The summed E-state index contributed by atoms with van der Waals surface area (Å²) in [5, 5.41) is 4.47. The second-order valence-corrected chi connectivity index (χ2v) is 8.91. The molecule has 0 aliphatic carbocycles. The normalized spacial score (nSPS) is 11.3. The summed E-state index contributed by atoms with van der Waals surface area (Å²) in [4.78, 5) is 6.87. The summed E-state index contributed by atoms with van der Waals surface area (Å²) in [5.74, 6) is 0. The number of hydrogen-bond donors (Lipinski definition) is 0. The Kier molecular flexibility index (Phi) is 4.78. The van der Waals surface area contributed by atoms with Crippen LogP contribution in [-0.4, -0.2) is 4.98 Å². The number of fused-ring (bicyclic) bond motifs is 4. The van der Waals surface area contributed by atoms with Gasteiger partial charge in [0.2, 0.25) is 0 Å². The Bertz CT molecular complexity index is 1840. The van der Waals surface area contributed by atoms with Crippen LogP contribution in [0, 0.1) is 0 Å². The maximum absolute atomic E-state index is 6.41. The summed E-state index contributed by atoms with van der Waals surface area (Å²) in [6.45, 7) is 0. The number of para-hydroxylation sites is 1. The highest BCUT2D eigenvalue weighted by Crippen LogP contribution is 2.42. The lowest BCUT2D eigenvalue weighted by atomic mass is 10.0. The molecule has 0 aliphatic rings. The van der Waals surface area contributed by atoms with E-state index in [1.165, 1.54) is 21.9 Å². The van der Waals surface area contributed by atoms with Gasteiger partial charge in [-0.3, -0.25) is 4.98 Å². The fourth-order valence-electron chi connectivity index (χ4n) is 4.96. The highest BCUT2D eigenvalue weighted by atomic mass is 16.3. The molecule has 7 rings (SSSR count). The van der Waals surface area contributed by atoms with E-state index in [1.54, 1.807) is 0 Å². The van der Waals surface area contributed by atoms with Crippen LogP contribution in [0.1, 0.15) is 0 Å². The van der Waals surface area contributed by atoms with Crippen LogP contribution in [0.3, 0.4) is 0 Å². The minimum atomic E-state index is 0.825. The molecule has 0 spiro atoms. The van der Waals surface area contributed by atoms with Crippen molar-refractivity contribution < 1.29 is 4.42 Å². The molecule has 0 amide bonds. The zero-order valence-electron chi connectivity index (χ0n) is 19.5. The van der Waals surface area contributed by atoms with Crippen LogP contribution in [0.15, 0.2) is 138 Å². The van der Waals surface area contributed by atoms with Crippen molar-refractivity contribution in [1.82, 2.24) is 4.98 Å². The third-order valence-electron chi connectivity index (χ3n) is 6.73. The van der Waals surface area contributed by atoms with Gasteiger partial charge < -0.3 is 9.32 Å². The summed E-state index contributed by atoms with van der Waals surface area (Å²) in [5.41, 5.74) is 7.06. The van der Waals surface area contributed by atoms with Gasteiger partial charge in [0.25, 0.3) is 0 Å². The van der Waals surface area contributed by atoms with Gasteiger partial charge in [0.15, 0.2) is 5.58 Å². The zero-order valence-corrected chi connectivity index (χ0v) is 19.5. The molecule has 5 aromatic carbocycles. The number of benzene rings is 5. The molecule has 36 heavy (non-hydrogen) atoms. The van der Waals surface area contributed by atoms with Crippen LogP contribution in [0.5, 0.6) is 0 Å². The average molecular weight is 463 g/mol. The van der Waals surface area contributed by atoms with Crippen molar-refractivity contribution in [3.05, 3.63) is 134 Å². The van der Waals surface area contributed by atoms with Crippen molar-refractivity contribution >= 4 is 49.8 Å². The van der Waals surface area contributed by atoms with Crippen molar-refractivity contribution in [3.8, 4) is 11.1 Å². The van der Waals surface area contributed by atoms with Gasteiger partial charge in [-0.15, -0.1) is 0 Å². The molecule has 2 aromatic heterocycles. The standard InChI is InChI=1S/C33H22N2O/c1-2-8-23(9-3-1)25-14-17-27(18-15-25)35(28-19-16-24-10-4-5-11-26(24)20-28)31-22-34-21-30-29-12-6-7-13-32(29)36-33(30)31/h1-22H. The molecule has 0 saturated heterocycles. The fourth-order valence-corrected chi connectivity index (χ4v) is 4.96. The maximum Gasteiger partial charge on any atom is 0.162 e. The molecule has 170 valence electrons. The van der Waals surface area contributed by atoms with Crippen molar-refractivity contribution in [2.24, 2.45) is 0 Å². The van der Waals surface area contributed by atoms with Crippen molar-refractivity contribution in [3.63, 3.8) is 0 Å². The smallest absolute Gasteiger partial charge is 0.162 e. The number of furan rings is 1. The summed E-state index contributed by atoms with van der Waals surface area (Å²) in [7, 11) is 0. The molecule has 0 atom stereocenters. The van der Waals surface area contributed by atoms with Crippen LogP contribution in [0.2, 0.25) is 0 Å². The van der Waals surface area contributed by atoms with E-state index < -0.39 is 0 Å². The van der Waals surface area contributed by atoms with E-state index in [0.717, 1.165) is 39.0 Å². The lowest BCUT2D eigenvalue weighted by Gasteiger charge is -2.25. The van der Waals surface area contributed by atoms with Crippen molar-refractivity contribution in [1.29, 1.82) is 0 Å². The van der Waals surface area contributed by atoms with E-state index in [2.05, 4.69) is 107 Å². The Morgan fingerprint density at radius 2 is 1.22 bits per heavy atom. The Hall–Kier alpha value is -4.89. The highest BCUT2D eigenvalue weighted by Gasteiger charge is 2.20. The van der Waals surface area contributed by atoms with E-state index >= 15 is 0 Å². The Morgan fingerprint density at radius 1 is 0.528 bits per heavy atom. The largest absolute Gasteiger partial charge is 0.454 e. The van der Waals surface area contributed by atoms with Gasteiger partial charge >= 0.3 is 0 Å². The number of rotatable bonds is 4. The molecule has 0 bridgehead atoms. The fraction of sp³-hybridized carbons (Fsp3) is 0. The molecular formula is C33H22N2O. The summed E-state index contributed by atoms with van der Waals surface area (Å²) >= 11 is 0. The van der Waals surface area contributed by atoms with Gasteiger partial charge in [0, 0.05) is 28.3 Å². The van der Waals surface area contributed by atoms with E-state index in [4.69, 9.17) is 4.42 Å². The number of nitrogens with zero attached hydrogens (tertiary/aromatic N) is 2. The number of hydrogen-bond acceptors (Lipinski definition) is 3. The second-order valence-electron chi connectivity index (χ2n) is 8.91. The van der Waals surface area contributed by atoms with Crippen LogP contribution in [0.25, 0.3) is 43.8 Å². The Balaban J connectivity index is 1.45. The summed E-state index contributed by atoms with van der Waals surface area (Å²) in [6, 6.07) is 42.2. The maximum atomic E-state index is 6.41. The molecule has 2 heterocycles. The molecule has 0 saturated carbocycles. The van der Waals surface area contributed by atoms with Crippen molar-refractivity contribution in [2.45, 2.75) is 0 Å². The zero-order chi connectivity index (χ0) is 23.9. The van der Waals surface area contributed by atoms with Gasteiger partial charge in [-0.05, 0) is 52.2 Å². The van der Waals surface area contributed by atoms with E-state index in [0.29, 0.717) is 0 Å². The highest BCUT2D eigenvalue weighted by molar-refractivity contribution is 6.09. The van der Waals surface area contributed by atoms with Crippen LogP contribution >= 0.6 is 0 Å². The topological polar surface area (TPSA) is 29.3 Å². The molecule has 3 nitrogen and oxygen atoms in total.